The number of amides is 2. The molecule has 28 heavy (non-hydrogen) atoms. The minimum absolute atomic E-state index is 0.135. The highest BCUT2D eigenvalue weighted by molar-refractivity contribution is 6.04. The third-order valence-corrected chi connectivity index (χ3v) is 4.21. The van der Waals surface area contributed by atoms with Crippen LogP contribution in [-0.4, -0.2) is 16.8 Å². The summed E-state index contributed by atoms with van der Waals surface area (Å²) in [6.45, 7) is 4.13. The maximum absolute atomic E-state index is 12.9. The van der Waals surface area contributed by atoms with Gasteiger partial charge in [0.05, 0.1) is 0 Å². The number of halogens is 1. The van der Waals surface area contributed by atoms with Gasteiger partial charge in [-0.2, -0.15) is 0 Å². The monoisotopic (exact) mass is 377 g/mol. The van der Waals surface area contributed by atoms with Crippen LogP contribution in [0.1, 0.15) is 37.7 Å². The van der Waals surface area contributed by atoms with Crippen LogP contribution in [0, 0.1) is 19.7 Å². The van der Waals surface area contributed by atoms with Gasteiger partial charge < -0.3 is 10.6 Å². The molecular weight excluding hydrogens is 357 g/mol. The number of hydrogen-bond acceptors (Lipinski definition) is 3. The number of anilines is 1. The van der Waals surface area contributed by atoms with Gasteiger partial charge in [0, 0.05) is 12.2 Å². The molecule has 0 unspecified atom stereocenters. The summed E-state index contributed by atoms with van der Waals surface area (Å²) in [5, 5.41) is 5.52. The molecule has 5 nitrogen and oxygen atoms in total. The normalized spacial score (nSPS) is 10.4. The molecule has 0 atom stereocenters. The summed E-state index contributed by atoms with van der Waals surface area (Å²) in [5.74, 6) is -1.13. The van der Waals surface area contributed by atoms with E-state index in [4.69, 9.17) is 0 Å². The highest BCUT2D eigenvalue weighted by Crippen LogP contribution is 2.17. The van der Waals surface area contributed by atoms with Gasteiger partial charge >= 0.3 is 0 Å². The van der Waals surface area contributed by atoms with E-state index in [9.17, 15) is 14.0 Å². The fourth-order valence-corrected chi connectivity index (χ4v) is 2.70. The number of aryl methyl sites for hydroxylation is 2. The van der Waals surface area contributed by atoms with Crippen LogP contribution < -0.4 is 10.6 Å². The Morgan fingerprint density at radius 3 is 2.29 bits per heavy atom. The van der Waals surface area contributed by atoms with E-state index < -0.39 is 5.91 Å². The highest BCUT2D eigenvalue weighted by Gasteiger charge is 2.13. The number of nitrogens with zero attached hydrogens (tertiary/aromatic N) is 1. The average Bonchev–Trinajstić information content (AvgIpc) is 2.69. The molecule has 2 N–H and O–H groups in total. The fourth-order valence-electron chi connectivity index (χ4n) is 2.70. The Hall–Kier alpha value is -3.54. The predicted molar refractivity (Wildman–Crippen MR) is 106 cm³/mol. The first-order chi connectivity index (χ1) is 13.4. The zero-order valence-corrected chi connectivity index (χ0v) is 15.6. The molecule has 0 aliphatic heterocycles. The van der Waals surface area contributed by atoms with Gasteiger partial charge in [0.25, 0.3) is 11.8 Å². The van der Waals surface area contributed by atoms with Crippen LogP contribution in [0.5, 0.6) is 0 Å². The van der Waals surface area contributed by atoms with Crippen molar-refractivity contribution in [3.8, 4) is 0 Å². The topological polar surface area (TPSA) is 71.1 Å². The van der Waals surface area contributed by atoms with Gasteiger partial charge in [0.15, 0.2) is 0 Å². The van der Waals surface area contributed by atoms with E-state index in [2.05, 4.69) is 15.6 Å². The molecule has 2 amide bonds. The summed E-state index contributed by atoms with van der Waals surface area (Å²) in [7, 11) is 0. The Labute approximate surface area is 162 Å². The summed E-state index contributed by atoms with van der Waals surface area (Å²) in [6.07, 6.45) is 0. The first-order valence-corrected chi connectivity index (χ1v) is 8.80. The number of aromatic nitrogens is 1. The van der Waals surface area contributed by atoms with Crippen LogP contribution in [0.25, 0.3) is 0 Å². The van der Waals surface area contributed by atoms with Crippen molar-refractivity contribution < 1.29 is 14.0 Å². The average molecular weight is 377 g/mol. The second kappa shape index (κ2) is 8.43. The molecule has 0 aliphatic rings. The van der Waals surface area contributed by atoms with Crippen molar-refractivity contribution in [3.63, 3.8) is 0 Å². The number of carbonyl (C=O) groups is 2. The van der Waals surface area contributed by atoms with Gasteiger partial charge in [0.1, 0.15) is 17.2 Å². The first kappa shape index (κ1) is 19.2. The molecule has 0 aliphatic carbocycles. The molecule has 0 bridgehead atoms. The molecule has 1 heterocycles. The lowest BCUT2D eigenvalue weighted by atomic mass is 10.1. The molecule has 3 rings (SSSR count). The molecule has 142 valence electrons. The van der Waals surface area contributed by atoms with E-state index in [0.29, 0.717) is 5.69 Å². The zero-order valence-electron chi connectivity index (χ0n) is 15.6. The first-order valence-electron chi connectivity index (χ1n) is 8.80. The van der Waals surface area contributed by atoms with Crippen LogP contribution in [0.2, 0.25) is 0 Å². The Morgan fingerprint density at radius 2 is 1.61 bits per heavy atom. The van der Waals surface area contributed by atoms with Gasteiger partial charge in [-0.25, -0.2) is 9.37 Å². The minimum Gasteiger partial charge on any atom is -0.347 e. The molecule has 0 saturated carbocycles. The zero-order chi connectivity index (χ0) is 20.1. The SMILES string of the molecule is Cc1ccc(NC(=O)c2cccc(C(=O)NCc3ccc(F)cc3)n2)c(C)c1. The van der Waals surface area contributed by atoms with Crippen LogP contribution in [0.15, 0.2) is 60.7 Å². The highest BCUT2D eigenvalue weighted by atomic mass is 19.1. The molecular formula is C22H20FN3O2. The van der Waals surface area contributed by atoms with Crippen LogP contribution in [0.3, 0.4) is 0 Å². The van der Waals surface area contributed by atoms with Crippen molar-refractivity contribution in [1.82, 2.24) is 10.3 Å². The molecule has 0 radical (unpaired) electrons. The molecule has 0 spiro atoms. The van der Waals surface area contributed by atoms with Crippen molar-refractivity contribution in [2.75, 3.05) is 5.32 Å². The lowest BCUT2D eigenvalue weighted by Gasteiger charge is -2.10. The molecule has 2 aromatic carbocycles. The number of benzene rings is 2. The molecule has 1 aromatic heterocycles. The third-order valence-electron chi connectivity index (χ3n) is 4.21. The maximum Gasteiger partial charge on any atom is 0.274 e. The number of pyridine rings is 1. The van der Waals surface area contributed by atoms with Crippen LogP contribution in [0.4, 0.5) is 10.1 Å². The molecule has 0 fully saturated rings. The number of rotatable bonds is 5. The van der Waals surface area contributed by atoms with E-state index >= 15 is 0 Å². The van der Waals surface area contributed by atoms with Gasteiger partial charge in [-0.15, -0.1) is 0 Å². The third kappa shape index (κ3) is 4.79. The van der Waals surface area contributed by atoms with Crippen molar-refractivity contribution in [2.45, 2.75) is 20.4 Å². The van der Waals surface area contributed by atoms with E-state index in [1.807, 2.05) is 32.0 Å². The standard InChI is InChI=1S/C22H20FN3O2/c1-14-6-11-18(15(2)12-14)26-22(28)20-5-3-4-19(25-20)21(27)24-13-16-7-9-17(23)10-8-16/h3-12H,13H2,1-2H3,(H,24,27)(H,26,28). The Kier molecular flexibility index (Phi) is 5.79. The van der Waals surface area contributed by atoms with Crippen molar-refractivity contribution in [2.24, 2.45) is 0 Å². The maximum atomic E-state index is 12.9. The van der Waals surface area contributed by atoms with Crippen LogP contribution >= 0.6 is 0 Å². The second-order valence-electron chi connectivity index (χ2n) is 6.49. The van der Waals surface area contributed by atoms with E-state index in [1.54, 1.807) is 24.3 Å². The smallest absolute Gasteiger partial charge is 0.274 e. The summed E-state index contributed by atoms with van der Waals surface area (Å²) in [4.78, 5) is 29.0. The number of hydrogen-bond donors (Lipinski definition) is 2. The molecule has 0 saturated heterocycles. The minimum atomic E-state index is -0.412. The number of carbonyl (C=O) groups excluding carboxylic acids is 2. The predicted octanol–water partition coefficient (Wildman–Crippen LogP) is 4.02. The summed E-state index contributed by atoms with van der Waals surface area (Å²) in [6, 6.07) is 16.3. The van der Waals surface area contributed by atoms with E-state index in [0.717, 1.165) is 16.7 Å². The summed E-state index contributed by atoms with van der Waals surface area (Å²) in [5.41, 5.74) is 3.79. The second-order valence-corrected chi connectivity index (χ2v) is 6.49. The van der Waals surface area contributed by atoms with Crippen molar-refractivity contribution >= 4 is 17.5 Å². The largest absolute Gasteiger partial charge is 0.347 e. The van der Waals surface area contributed by atoms with Gasteiger partial charge in [-0.3, -0.25) is 9.59 Å². The lowest BCUT2D eigenvalue weighted by Crippen LogP contribution is -2.25. The van der Waals surface area contributed by atoms with E-state index in [-0.39, 0.29) is 29.7 Å². The molecule has 3 aromatic rings. The van der Waals surface area contributed by atoms with Crippen molar-refractivity contribution in [3.05, 3.63) is 94.6 Å². The van der Waals surface area contributed by atoms with E-state index in [1.165, 1.54) is 18.2 Å². The summed E-state index contributed by atoms with van der Waals surface area (Å²) < 4.78 is 12.9. The van der Waals surface area contributed by atoms with Gasteiger partial charge in [-0.1, -0.05) is 35.9 Å². The lowest BCUT2D eigenvalue weighted by molar-refractivity contribution is 0.0945. The molecule has 6 heteroatoms. The Morgan fingerprint density at radius 1 is 0.929 bits per heavy atom. The van der Waals surface area contributed by atoms with Crippen LogP contribution in [-0.2, 0) is 6.54 Å². The van der Waals surface area contributed by atoms with Crippen molar-refractivity contribution in [1.29, 1.82) is 0 Å². The van der Waals surface area contributed by atoms with Gasteiger partial charge in [-0.05, 0) is 55.3 Å². The fraction of sp³-hybridized carbons (Fsp3) is 0.136. The summed E-state index contributed by atoms with van der Waals surface area (Å²) >= 11 is 0. The Balaban J connectivity index is 1.67. The number of nitrogens with one attached hydrogen (secondary N) is 2. The Bertz CT molecular complexity index is 1020. The quantitative estimate of drug-likeness (QED) is 0.705. The van der Waals surface area contributed by atoms with Gasteiger partial charge in [0.2, 0.25) is 0 Å².